The number of anilines is 1. The smallest absolute Gasteiger partial charge is 0.449 e. The van der Waals surface area contributed by atoms with Gasteiger partial charge in [0.1, 0.15) is 23.2 Å². The molecule has 2 heterocycles. The van der Waals surface area contributed by atoms with Crippen molar-refractivity contribution in [3.05, 3.63) is 88.5 Å². The highest BCUT2D eigenvalue weighted by molar-refractivity contribution is 6.33. The number of aromatic nitrogens is 1. The van der Waals surface area contributed by atoms with E-state index in [4.69, 9.17) is 16.3 Å². The maximum atomic E-state index is 14.5. The molecule has 2 aromatic carbocycles. The van der Waals surface area contributed by atoms with E-state index in [9.17, 15) is 19.1 Å². The van der Waals surface area contributed by atoms with E-state index < -0.39 is 12.0 Å². The highest BCUT2D eigenvalue weighted by Crippen LogP contribution is 2.53. The number of amides is 1. The zero-order chi connectivity index (χ0) is 27.9. The van der Waals surface area contributed by atoms with Gasteiger partial charge in [0.2, 0.25) is 0 Å². The van der Waals surface area contributed by atoms with Crippen molar-refractivity contribution in [1.29, 1.82) is 0 Å². The topological polar surface area (TPSA) is 79.7 Å². The molecule has 1 aliphatic heterocycles. The van der Waals surface area contributed by atoms with Gasteiger partial charge in [-0.1, -0.05) is 31.5 Å². The van der Waals surface area contributed by atoms with Crippen molar-refractivity contribution in [2.24, 2.45) is 0 Å². The number of benzene rings is 2. The molecule has 204 valence electrons. The van der Waals surface area contributed by atoms with E-state index in [2.05, 4.69) is 23.7 Å². The number of fused-ring (bicyclic) bond motifs is 1. The molecule has 1 aliphatic carbocycles. The molecule has 1 aromatic heterocycles. The molecule has 1 saturated heterocycles. The Kier molecular flexibility index (Phi) is 7.11. The fourth-order valence-electron chi connectivity index (χ4n) is 6.48. The number of rotatable bonds is 5. The maximum absolute atomic E-state index is 14.5. The molecule has 0 saturated carbocycles. The number of hydrogen-bond acceptors (Lipinski definition) is 5. The minimum absolute atomic E-state index is 0.000311. The van der Waals surface area contributed by atoms with Crippen LogP contribution in [0.1, 0.15) is 60.6 Å². The molecule has 2 aliphatic rings. The molecule has 3 aromatic rings. The number of carboxylic acid groups (broad SMARTS) is 1. The van der Waals surface area contributed by atoms with Crippen molar-refractivity contribution in [2.75, 3.05) is 25.0 Å². The largest absolute Gasteiger partial charge is 0.511 e. The second-order valence-corrected chi connectivity index (χ2v) is 11.6. The third-order valence-electron chi connectivity index (χ3n) is 8.51. The highest BCUT2D eigenvalue weighted by Gasteiger charge is 2.54. The average Bonchev–Trinajstić information content (AvgIpc) is 3.19. The van der Waals surface area contributed by atoms with Crippen molar-refractivity contribution < 1.29 is 28.3 Å². The Morgan fingerprint density at radius 1 is 1.10 bits per heavy atom. The van der Waals surface area contributed by atoms with Crippen molar-refractivity contribution in [3.63, 3.8) is 0 Å². The molecule has 5 rings (SSSR count). The van der Waals surface area contributed by atoms with Crippen LogP contribution < -0.4 is 9.64 Å². The van der Waals surface area contributed by atoms with E-state index in [0.717, 1.165) is 42.7 Å². The Morgan fingerprint density at radius 2 is 1.79 bits per heavy atom. The van der Waals surface area contributed by atoms with Crippen LogP contribution in [0, 0.1) is 5.82 Å². The standard InChI is InChI=1S/C30H31ClFN3O4/c1-30(2)18-27(23-17-22(39-29(37)38)5-6-25(23)30)35(3,28(36)24-16-19(32)4-7-26(24)31)21-10-14-34(15-11-21)20-8-12-33-13-9-20/h4-9,12-13,16-17,21,27H,10-11,14-15,18H2,1-3H3/p+1. The van der Waals surface area contributed by atoms with Gasteiger partial charge in [0.05, 0.1) is 18.1 Å². The third kappa shape index (κ3) is 4.99. The average molecular weight is 553 g/mol. The van der Waals surface area contributed by atoms with E-state index in [1.54, 1.807) is 24.5 Å². The van der Waals surface area contributed by atoms with E-state index in [1.807, 2.05) is 25.2 Å². The predicted molar refractivity (Wildman–Crippen MR) is 147 cm³/mol. The van der Waals surface area contributed by atoms with Gasteiger partial charge in [-0.3, -0.25) is 4.98 Å². The second kappa shape index (κ2) is 10.2. The number of nitrogens with zero attached hydrogens (tertiary/aromatic N) is 3. The number of hydrogen-bond donors (Lipinski definition) is 1. The summed E-state index contributed by atoms with van der Waals surface area (Å²) in [4.78, 5) is 32.2. The molecule has 39 heavy (non-hydrogen) atoms. The quantitative estimate of drug-likeness (QED) is 0.218. The van der Waals surface area contributed by atoms with Crippen molar-refractivity contribution >= 4 is 29.4 Å². The third-order valence-corrected chi connectivity index (χ3v) is 8.84. The number of pyridine rings is 1. The second-order valence-electron chi connectivity index (χ2n) is 11.2. The highest BCUT2D eigenvalue weighted by atomic mass is 35.5. The number of carbonyl (C=O) groups is 2. The van der Waals surface area contributed by atoms with Gasteiger partial charge in [-0.05, 0) is 53.4 Å². The zero-order valence-electron chi connectivity index (χ0n) is 22.2. The molecule has 1 fully saturated rings. The van der Waals surface area contributed by atoms with Crippen LogP contribution in [0.15, 0.2) is 60.9 Å². The van der Waals surface area contributed by atoms with Crippen LogP contribution in [-0.4, -0.2) is 52.8 Å². The summed E-state index contributed by atoms with van der Waals surface area (Å²) in [5.41, 5.74) is 2.88. The Bertz CT molecular complexity index is 1410. The molecule has 9 heteroatoms. The Morgan fingerprint density at radius 3 is 2.46 bits per heavy atom. The fourth-order valence-corrected chi connectivity index (χ4v) is 6.68. The van der Waals surface area contributed by atoms with Crippen LogP contribution in [0.3, 0.4) is 0 Å². The van der Waals surface area contributed by atoms with E-state index in [-0.39, 0.29) is 44.2 Å². The molecule has 2 atom stereocenters. The van der Waals surface area contributed by atoms with E-state index in [0.29, 0.717) is 6.42 Å². The van der Waals surface area contributed by atoms with Crippen molar-refractivity contribution in [2.45, 2.75) is 50.6 Å². The lowest BCUT2D eigenvalue weighted by Gasteiger charge is -2.47. The van der Waals surface area contributed by atoms with E-state index in [1.165, 1.54) is 18.2 Å². The molecule has 1 N–H and O–H groups in total. The summed E-state index contributed by atoms with van der Waals surface area (Å²) in [6.45, 7) is 5.74. The van der Waals surface area contributed by atoms with Gasteiger partial charge in [-0.15, -0.1) is 0 Å². The summed E-state index contributed by atoms with van der Waals surface area (Å²) in [6.07, 6.45) is 4.26. The van der Waals surface area contributed by atoms with Crippen molar-refractivity contribution in [3.8, 4) is 5.75 Å². The Hall–Kier alpha value is -3.49. The van der Waals surface area contributed by atoms with Gasteiger partial charge >= 0.3 is 12.1 Å². The Balaban J connectivity index is 1.59. The lowest BCUT2D eigenvalue weighted by Crippen LogP contribution is -2.61. The van der Waals surface area contributed by atoms with Gasteiger partial charge in [0.15, 0.2) is 0 Å². The molecule has 1 amide bonds. The van der Waals surface area contributed by atoms with E-state index >= 15 is 0 Å². The first kappa shape index (κ1) is 27.1. The summed E-state index contributed by atoms with van der Waals surface area (Å²) in [7, 11) is 1.93. The normalized spacial score (nSPS) is 20.2. The van der Waals surface area contributed by atoms with Crippen LogP contribution in [0.2, 0.25) is 5.02 Å². The van der Waals surface area contributed by atoms with Crippen LogP contribution in [-0.2, 0) is 5.41 Å². The van der Waals surface area contributed by atoms with Crippen LogP contribution in [0.4, 0.5) is 14.9 Å². The summed E-state index contributed by atoms with van der Waals surface area (Å²) in [6, 6.07) is 12.7. The SMILES string of the molecule is CC1(C)CC([N+](C)(C(=O)c2cc(F)ccc2Cl)C2CCN(c3ccncc3)CC2)c2cc(OC(=O)O)ccc21. The maximum Gasteiger partial charge on any atom is 0.511 e. The fraction of sp³-hybridized carbons (Fsp3) is 0.367. The number of halogens is 2. The van der Waals surface area contributed by atoms with Crippen LogP contribution in [0.25, 0.3) is 0 Å². The first-order chi connectivity index (χ1) is 18.5. The minimum Gasteiger partial charge on any atom is -0.449 e. The molecule has 0 bridgehead atoms. The number of quaternary nitrogens is 1. The lowest BCUT2D eigenvalue weighted by atomic mass is 9.86. The van der Waals surface area contributed by atoms with Crippen LogP contribution >= 0.6 is 11.6 Å². The number of carbonyl (C=O) groups excluding carboxylic acids is 1. The van der Waals surface area contributed by atoms with Gasteiger partial charge < -0.3 is 14.7 Å². The summed E-state index contributed by atoms with van der Waals surface area (Å²) in [5.74, 6) is -0.564. The first-order valence-electron chi connectivity index (χ1n) is 13.1. The summed E-state index contributed by atoms with van der Waals surface area (Å²) < 4.78 is 19.4. The molecular formula is C30H32ClFN3O4+. The first-order valence-corrected chi connectivity index (χ1v) is 13.4. The minimum atomic E-state index is -1.40. The number of ether oxygens (including phenoxy) is 1. The molecule has 0 spiro atoms. The monoisotopic (exact) mass is 552 g/mol. The summed E-state index contributed by atoms with van der Waals surface area (Å²) in [5, 5.41) is 9.43. The number of piperidine rings is 1. The molecule has 0 radical (unpaired) electrons. The van der Waals surface area contributed by atoms with Gasteiger partial charge in [0, 0.05) is 56.0 Å². The molecule has 7 nitrogen and oxygen atoms in total. The van der Waals surface area contributed by atoms with Gasteiger partial charge in [-0.25, -0.2) is 18.5 Å². The predicted octanol–water partition coefficient (Wildman–Crippen LogP) is 6.61. The summed E-state index contributed by atoms with van der Waals surface area (Å²) >= 11 is 6.49. The van der Waals surface area contributed by atoms with Gasteiger partial charge in [0.25, 0.3) is 0 Å². The Labute approximate surface area is 232 Å². The van der Waals surface area contributed by atoms with Crippen LogP contribution in [0.5, 0.6) is 5.75 Å². The molecular weight excluding hydrogens is 521 g/mol. The molecule has 2 unspecified atom stereocenters. The lowest BCUT2D eigenvalue weighted by molar-refractivity contribution is -0.887. The van der Waals surface area contributed by atoms with Crippen molar-refractivity contribution in [1.82, 2.24) is 4.98 Å². The zero-order valence-corrected chi connectivity index (χ0v) is 23.0. The van der Waals surface area contributed by atoms with Gasteiger partial charge in [-0.2, -0.15) is 0 Å².